The van der Waals surface area contributed by atoms with E-state index in [0.29, 0.717) is 5.56 Å². The number of carbonyl (C=O) groups is 1. The van der Waals surface area contributed by atoms with E-state index < -0.39 is 21.2 Å². The van der Waals surface area contributed by atoms with Crippen molar-refractivity contribution in [1.29, 1.82) is 0 Å². The molecule has 2 N–H and O–H groups in total. The summed E-state index contributed by atoms with van der Waals surface area (Å²) in [6.45, 7) is 6.53. The molecule has 0 radical (unpaired) electrons. The number of carbonyl (C=O) groups excluding carboxylic acids is 1. The van der Waals surface area contributed by atoms with E-state index in [4.69, 9.17) is 9.79 Å². The maximum atomic E-state index is 11.2. The lowest BCUT2D eigenvalue weighted by molar-refractivity contribution is -0.112. The highest BCUT2D eigenvalue weighted by molar-refractivity contribution is 7.70. The van der Waals surface area contributed by atoms with Gasteiger partial charge in [-0.3, -0.25) is 9.36 Å². The third kappa shape index (κ3) is 4.20. The van der Waals surface area contributed by atoms with Gasteiger partial charge >= 0.3 is 7.60 Å². The molecule has 0 saturated carbocycles. The standard InChI is InChI=1S/C11H17O4PSi/c1-17(2,3)10-6-4-5-9(7-10)8-11(12)16(13,14)15/h4-7H,8H2,1-3H3,(H2,13,14,15). The molecule has 0 spiro atoms. The Morgan fingerprint density at radius 3 is 2.35 bits per heavy atom. The molecule has 1 rings (SSSR count). The molecule has 0 fully saturated rings. The molecule has 0 heterocycles. The van der Waals surface area contributed by atoms with E-state index in [0.717, 1.165) is 0 Å². The Hall–Kier alpha value is -0.743. The molecule has 0 aliphatic heterocycles. The Morgan fingerprint density at radius 2 is 1.88 bits per heavy atom. The minimum absolute atomic E-state index is 0.206. The normalized spacial score (nSPS) is 12.5. The van der Waals surface area contributed by atoms with Crippen LogP contribution >= 0.6 is 7.60 Å². The molecule has 1 aromatic carbocycles. The summed E-state index contributed by atoms with van der Waals surface area (Å²) in [5.41, 5.74) is -0.358. The van der Waals surface area contributed by atoms with Crippen molar-refractivity contribution >= 4 is 26.4 Å². The van der Waals surface area contributed by atoms with Gasteiger partial charge in [-0.15, -0.1) is 0 Å². The lowest BCUT2D eigenvalue weighted by Gasteiger charge is -2.17. The highest BCUT2D eigenvalue weighted by atomic mass is 31.2. The van der Waals surface area contributed by atoms with Crippen molar-refractivity contribution in [1.82, 2.24) is 0 Å². The molecular formula is C11H17O4PSi. The summed E-state index contributed by atoms with van der Waals surface area (Å²) in [6, 6.07) is 7.42. The second kappa shape index (κ2) is 4.86. The third-order valence-corrected chi connectivity index (χ3v) is 5.32. The SMILES string of the molecule is C[Si](C)(C)c1cccc(CC(=O)P(=O)(O)O)c1. The van der Waals surface area contributed by atoms with Gasteiger partial charge in [0.1, 0.15) is 0 Å². The predicted molar refractivity (Wildman–Crippen MR) is 70.2 cm³/mol. The quantitative estimate of drug-likeness (QED) is 0.643. The van der Waals surface area contributed by atoms with Crippen LogP contribution in [0.4, 0.5) is 0 Å². The summed E-state index contributed by atoms with van der Waals surface area (Å²) in [4.78, 5) is 28.7. The van der Waals surface area contributed by atoms with Gasteiger partial charge < -0.3 is 9.79 Å². The first-order chi connectivity index (χ1) is 7.60. The fourth-order valence-corrected chi connectivity index (χ4v) is 3.03. The van der Waals surface area contributed by atoms with Crippen LogP contribution in [-0.2, 0) is 15.8 Å². The molecule has 4 nitrogen and oxygen atoms in total. The molecule has 0 unspecified atom stereocenters. The van der Waals surface area contributed by atoms with Crippen LogP contribution < -0.4 is 5.19 Å². The first kappa shape index (κ1) is 14.3. The zero-order valence-corrected chi connectivity index (χ0v) is 12.1. The second-order valence-electron chi connectivity index (χ2n) is 5.06. The average Bonchev–Trinajstić information content (AvgIpc) is 2.15. The van der Waals surface area contributed by atoms with Crippen molar-refractivity contribution in [2.75, 3.05) is 0 Å². The van der Waals surface area contributed by atoms with Gasteiger partial charge in [0.2, 0.25) is 5.52 Å². The van der Waals surface area contributed by atoms with Crippen LogP contribution in [0.1, 0.15) is 5.56 Å². The summed E-state index contributed by atoms with van der Waals surface area (Å²) < 4.78 is 10.8. The molecule has 0 aliphatic rings. The first-order valence-electron chi connectivity index (χ1n) is 5.29. The van der Waals surface area contributed by atoms with E-state index in [-0.39, 0.29) is 6.42 Å². The molecule has 0 saturated heterocycles. The van der Waals surface area contributed by atoms with Gasteiger partial charge in [-0.25, -0.2) is 0 Å². The van der Waals surface area contributed by atoms with Gasteiger partial charge in [-0.1, -0.05) is 49.1 Å². The van der Waals surface area contributed by atoms with Crippen molar-refractivity contribution in [3.63, 3.8) is 0 Å². The summed E-state index contributed by atoms with van der Waals surface area (Å²) in [6.07, 6.45) is -0.206. The average molecular weight is 272 g/mol. The Labute approximate surface area is 102 Å². The zero-order chi connectivity index (χ0) is 13.3. The molecule has 94 valence electrons. The molecule has 0 bridgehead atoms. The summed E-state index contributed by atoms with van der Waals surface area (Å²) in [7, 11) is -6.07. The highest BCUT2D eigenvalue weighted by Crippen LogP contribution is 2.36. The monoisotopic (exact) mass is 272 g/mol. The minimum Gasteiger partial charge on any atom is -0.319 e. The number of hydrogen-bond acceptors (Lipinski definition) is 2. The first-order valence-corrected chi connectivity index (χ1v) is 10.4. The minimum atomic E-state index is -4.61. The van der Waals surface area contributed by atoms with Crippen LogP contribution in [0.5, 0.6) is 0 Å². The predicted octanol–water partition coefficient (Wildman–Crippen LogP) is 1.48. The molecule has 0 atom stereocenters. The molecule has 0 aromatic heterocycles. The van der Waals surface area contributed by atoms with Crippen LogP contribution in [0.15, 0.2) is 24.3 Å². The molecular weight excluding hydrogens is 255 g/mol. The van der Waals surface area contributed by atoms with Crippen LogP contribution in [-0.4, -0.2) is 23.4 Å². The largest absolute Gasteiger partial charge is 0.391 e. The highest BCUT2D eigenvalue weighted by Gasteiger charge is 2.26. The van der Waals surface area contributed by atoms with Gasteiger partial charge in [0.15, 0.2) is 0 Å². The van der Waals surface area contributed by atoms with E-state index >= 15 is 0 Å². The van der Waals surface area contributed by atoms with Crippen molar-refractivity contribution in [3.05, 3.63) is 29.8 Å². The summed E-state index contributed by atoms with van der Waals surface area (Å²) in [5.74, 6) is 0. The van der Waals surface area contributed by atoms with E-state index in [2.05, 4.69) is 19.6 Å². The van der Waals surface area contributed by atoms with Crippen LogP contribution in [0.3, 0.4) is 0 Å². The zero-order valence-electron chi connectivity index (χ0n) is 10.2. The van der Waals surface area contributed by atoms with Crippen molar-refractivity contribution in [2.24, 2.45) is 0 Å². The summed E-state index contributed by atoms with van der Waals surface area (Å²) >= 11 is 0. The van der Waals surface area contributed by atoms with E-state index in [9.17, 15) is 9.36 Å². The third-order valence-electron chi connectivity index (χ3n) is 2.47. The van der Waals surface area contributed by atoms with Gasteiger partial charge in [0.25, 0.3) is 0 Å². The van der Waals surface area contributed by atoms with Gasteiger partial charge in [-0.2, -0.15) is 0 Å². The Morgan fingerprint density at radius 1 is 1.29 bits per heavy atom. The van der Waals surface area contributed by atoms with Gasteiger partial charge in [-0.05, 0) is 5.56 Å². The maximum absolute atomic E-state index is 11.2. The molecule has 6 heteroatoms. The van der Waals surface area contributed by atoms with E-state index in [1.165, 1.54) is 5.19 Å². The number of benzene rings is 1. The van der Waals surface area contributed by atoms with Crippen molar-refractivity contribution in [2.45, 2.75) is 26.1 Å². The smallest absolute Gasteiger partial charge is 0.319 e. The lowest BCUT2D eigenvalue weighted by Crippen LogP contribution is -2.37. The molecule has 0 amide bonds. The maximum Gasteiger partial charge on any atom is 0.391 e. The van der Waals surface area contributed by atoms with Crippen LogP contribution in [0, 0.1) is 0 Å². The lowest BCUT2D eigenvalue weighted by atomic mass is 10.2. The Balaban J connectivity index is 2.95. The van der Waals surface area contributed by atoms with Crippen molar-refractivity contribution in [3.8, 4) is 0 Å². The van der Waals surface area contributed by atoms with Crippen molar-refractivity contribution < 1.29 is 19.1 Å². The van der Waals surface area contributed by atoms with E-state index in [1.54, 1.807) is 6.07 Å². The number of rotatable bonds is 4. The topological polar surface area (TPSA) is 74.6 Å². The Bertz CT molecular complexity index is 473. The van der Waals surface area contributed by atoms with Gasteiger partial charge in [0.05, 0.1) is 8.07 Å². The summed E-state index contributed by atoms with van der Waals surface area (Å²) in [5, 5.41) is 1.17. The van der Waals surface area contributed by atoms with Gasteiger partial charge in [0, 0.05) is 6.42 Å². The second-order valence-corrected chi connectivity index (χ2v) is 11.7. The van der Waals surface area contributed by atoms with E-state index in [1.807, 2.05) is 18.2 Å². The molecule has 1 aromatic rings. The molecule has 0 aliphatic carbocycles. The number of hydrogen-bond donors (Lipinski definition) is 2. The fraction of sp³-hybridized carbons (Fsp3) is 0.364. The Kier molecular flexibility index (Phi) is 4.09. The van der Waals surface area contributed by atoms with Crippen LogP contribution in [0.25, 0.3) is 0 Å². The van der Waals surface area contributed by atoms with Crippen LogP contribution in [0.2, 0.25) is 19.6 Å². The fourth-order valence-electron chi connectivity index (χ4n) is 1.43. The molecule has 17 heavy (non-hydrogen) atoms.